The molecule has 0 unspecified atom stereocenters. The van der Waals surface area contributed by atoms with Gasteiger partial charge < -0.3 is 4.74 Å². The predicted molar refractivity (Wildman–Crippen MR) is 108 cm³/mol. The Bertz CT molecular complexity index is 877. The van der Waals surface area contributed by atoms with Crippen molar-refractivity contribution in [1.29, 1.82) is 0 Å². The van der Waals surface area contributed by atoms with Gasteiger partial charge in [-0.25, -0.2) is 0 Å². The zero-order valence-electron chi connectivity index (χ0n) is 13.9. The maximum absolute atomic E-state index is 12.6. The Morgan fingerprint density at radius 2 is 1.92 bits per heavy atom. The molecule has 26 heavy (non-hydrogen) atoms. The number of imide groups is 1. The summed E-state index contributed by atoms with van der Waals surface area (Å²) in [5.41, 5.74) is 1.73. The zero-order valence-corrected chi connectivity index (χ0v) is 16.3. The van der Waals surface area contributed by atoms with E-state index >= 15 is 0 Å². The van der Waals surface area contributed by atoms with Crippen LogP contribution in [-0.4, -0.2) is 22.7 Å². The van der Waals surface area contributed by atoms with E-state index in [0.29, 0.717) is 11.5 Å². The number of benzene rings is 2. The van der Waals surface area contributed by atoms with Gasteiger partial charge in [-0.05, 0) is 53.2 Å². The van der Waals surface area contributed by atoms with Crippen LogP contribution in [0.4, 0.5) is 4.79 Å². The molecule has 2 amide bonds. The van der Waals surface area contributed by atoms with Gasteiger partial charge in [0.15, 0.2) is 0 Å². The van der Waals surface area contributed by atoms with Crippen molar-refractivity contribution in [3.63, 3.8) is 0 Å². The van der Waals surface area contributed by atoms with Crippen LogP contribution in [0.1, 0.15) is 11.1 Å². The molecular formula is C20H16BrNO3S. The first-order valence-electron chi connectivity index (χ1n) is 7.90. The molecule has 0 atom stereocenters. The van der Waals surface area contributed by atoms with Gasteiger partial charge in [0.2, 0.25) is 0 Å². The van der Waals surface area contributed by atoms with Crippen molar-refractivity contribution < 1.29 is 14.3 Å². The van der Waals surface area contributed by atoms with Gasteiger partial charge in [-0.2, -0.15) is 0 Å². The predicted octanol–water partition coefficient (Wildman–Crippen LogP) is 5.25. The van der Waals surface area contributed by atoms with E-state index in [4.69, 9.17) is 4.74 Å². The number of amides is 2. The monoisotopic (exact) mass is 429 g/mol. The highest BCUT2D eigenvalue weighted by molar-refractivity contribution is 9.10. The SMILES string of the molecule is C=CCOc1ccc(/C=C2/SC(=O)N(Cc3cccc(Br)c3)C2=O)cc1. The van der Waals surface area contributed by atoms with Crippen molar-refractivity contribution in [3.8, 4) is 5.75 Å². The van der Waals surface area contributed by atoms with E-state index < -0.39 is 0 Å². The summed E-state index contributed by atoms with van der Waals surface area (Å²) in [5, 5.41) is -0.257. The third-order valence-electron chi connectivity index (χ3n) is 3.65. The number of carbonyl (C=O) groups excluding carboxylic acids is 2. The molecule has 0 aromatic heterocycles. The molecule has 0 radical (unpaired) electrons. The van der Waals surface area contributed by atoms with Gasteiger partial charge in [0.25, 0.3) is 11.1 Å². The van der Waals surface area contributed by atoms with Crippen molar-refractivity contribution in [2.75, 3.05) is 6.61 Å². The summed E-state index contributed by atoms with van der Waals surface area (Å²) in [6.45, 7) is 4.30. The summed E-state index contributed by atoms with van der Waals surface area (Å²) < 4.78 is 6.35. The molecule has 1 saturated heterocycles. The second-order valence-electron chi connectivity index (χ2n) is 5.57. The van der Waals surface area contributed by atoms with Crippen molar-refractivity contribution in [2.24, 2.45) is 0 Å². The molecule has 4 nitrogen and oxygen atoms in total. The fourth-order valence-electron chi connectivity index (χ4n) is 2.42. The van der Waals surface area contributed by atoms with Crippen molar-refractivity contribution in [1.82, 2.24) is 4.90 Å². The normalized spacial score (nSPS) is 15.6. The molecule has 0 saturated carbocycles. The molecule has 0 N–H and O–H groups in total. The van der Waals surface area contributed by atoms with E-state index in [1.54, 1.807) is 12.2 Å². The lowest BCUT2D eigenvalue weighted by Gasteiger charge is -2.12. The Morgan fingerprint density at radius 3 is 2.62 bits per heavy atom. The number of nitrogens with zero attached hydrogens (tertiary/aromatic N) is 1. The Labute approximate surface area is 164 Å². The van der Waals surface area contributed by atoms with E-state index in [-0.39, 0.29) is 17.7 Å². The molecular weight excluding hydrogens is 414 g/mol. The summed E-state index contributed by atoms with van der Waals surface area (Å²) in [7, 11) is 0. The van der Waals surface area contributed by atoms with Gasteiger partial charge in [-0.15, -0.1) is 0 Å². The molecule has 1 aliphatic heterocycles. The number of hydrogen-bond donors (Lipinski definition) is 0. The first-order valence-corrected chi connectivity index (χ1v) is 9.51. The molecule has 0 bridgehead atoms. The van der Waals surface area contributed by atoms with Crippen LogP contribution in [0, 0.1) is 0 Å². The Balaban J connectivity index is 1.73. The molecule has 3 rings (SSSR count). The average Bonchev–Trinajstić information content (AvgIpc) is 2.89. The molecule has 0 aliphatic carbocycles. The molecule has 2 aromatic rings. The summed E-state index contributed by atoms with van der Waals surface area (Å²) in [4.78, 5) is 26.5. The first kappa shape index (κ1) is 18.5. The van der Waals surface area contributed by atoms with Crippen molar-refractivity contribution in [2.45, 2.75) is 6.54 Å². The first-order chi connectivity index (χ1) is 12.6. The van der Waals surface area contributed by atoms with Crippen LogP contribution in [0.25, 0.3) is 6.08 Å². The highest BCUT2D eigenvalue weighted by atomic mass is 79.9. The standard InChI is InChI=1S/C20H16BrNO3S/c1-2-10-25-17-8-6-14(7-9-17)12-18-19(23)22(20(24)26-18)13-15-4-3-5-16(21)11-15/h2-9,11-12H,1,10,13H2/b18-12+. The van der Waals surface area contributed by atoms with Crippen molar-refractivity contribution >= 4 is 44.9 Å². The van der Waals surface area contributed by atoms with E-state index in [1.165, 1.54) is 4.90 Å². The van der Waals surface area contributed by atoms with E-state index in [0.717, 1.165) is 33.1 Å². The van der Waals surface area contributed by atoms with Crippen LogP contribution in [-0.2, 0) is 11.3 Å². The fourth-order valence-corrected chi connectivity index (χ4v) is 3.71. The van der Waals surface area contributed by atoms with E-state index in [2.05, 4.69) is 22.5 Å². The molecule has 0 spiro atoms. The van der Waals surface area contributed by atoms with Gasteiger partial charge in [0.1, 0.15) is 12.4 Å². The maximum atomic E-state index is 12.6. The second kappa shape index (κ2) is 8.38. The molecule has 1 fully saturated rings. The Morgan fingerprint density at radius 1 is 1.15 bits per heavy atom. The third kappa shape index (κ3) is 4.45. The molecule has 2 aromatic carbocycles. The van der Waals surface area contributed by atoms with Crippen LogP contribution >= 0.6 is 27.7 Å². The second-order valence-corrected chi connectivity index (χ2v) is 7.48. The number of ether oxygens (including phenoxy) is 1. The van der Waals surface area contributed by atoms with Gasteiger partial charge >= 0.3 is 0 Å². The smallest absolute Gasteiger partial charge is 0.293 e. The van der Waals surface area contributed by atoms with Crippen LogP contribution in [0.5, 0.6) is 5.75 Å². The van der Waals surface area contributed by atoms with E-state index in [1.807, 2.05) is 48.5 Å². The van der Waals surface area contributed by atoms with Gasteiger partial charge in [-0.1, -0.05) is 52.9 Å². The zero-order chi connectivity index (χ0) is 18.5. The maximum Gasteiger partial charge on any atom is 0.293 e. The number of thioether (sulfide) groups is 1. The molecule has 6 heteroatoms. The fraction of sp³-hybridized carbons (Fsp3) is 0.100. The minimum absolute atomic E-state index is 0.257. The van der Waals surface area contributed by atoms with E-state index in [9.17, 15) is 9.59 Å². The summed E-state index contributed by atoms with van der Waals surface area (Å²) >= 11 is 4.36. The lowest BCUT2D eigenvalue weighted by molar-refractivity contribution is -0.123. The van der Waals surface area contributed by atoms with Crippen LogP contribution in [0.2, 0.25) is 0 Å². The largest absolute Gasteiger partial charge is 0.490 e. The minimum atomic E-state index is -0.271. The number of rotatable bonds is 6. The molecule has 1 heterocycles. The molecule has 132 valence electrons. The summed E-state index contributed by atoms with van der Waals surface area (Å²) in [6.07, 6.45) is 3.40. The highest BCUT2D eigenvalue weighted by Gasteiger charge is 2.34. The summed E-state index contributed by atoms with van der Waals surface area (Å²) in [5.74, 6) is 0.455. The number of hydrogen-bond acceptors (Lipinski definition) is 4. The lowest BCUT2D eigenvalue weighted by Crippen LogP contribution is -2.27. The van der Waals surface area contributed by atoms with Gasteiger partial charge in [0.05, 0.1) is 11.4 Å². The highest BCUT2D eigenvalue weighted by Crippen LogP contribution is 2.33. The Kier molecular flexibility index (Phi) is 5.96. The topological polar surface area (TPSA) is 46.6 Å². The van der Waals surface area contributed by atoms with Gasteiger partial charge in [0, 0.05) is 4.47 Å². The van der Waals surface area contributed by atoms with Crippen LogP contribution < -0.4 is 4.74 Å². The summed E-state index contributed by atoms with van der Waals surface area (Å²) in [6, 6.07) is 14.9. The third-order valence-corrected chi connectivity index (χ3v) is 5.05. The quantitative estimate of drug-likeness (QED) is 0.464. The average molecular weight is 430 g/mol. The van der Waals surface area contributed by atoms with Crippen molar-refractivity contribution in [3.05, 3.63) is 81.7 Å². The number of carbonyl (C=O) groups is 2. The van der Waals surface area contributed by atoms with Gasteiger partial charge in [-0.3, -0.25) is 14.5 Å². The van der Waals surface area contributed by atoms with Crippen LogP contribution in [0.15, 0.2) is 70.6 Å². The van der Waals surface area contributed by atoms with Crippen LogP contribution in [0.3, 0.4) is 0 Å². The Hall–Kier alpha value is -2.31. The number of halogens is 1. The minimum Gasteiger partial charge on any atom is -0.490 e. The molecule has 1 aliphatic rings. The lowest BCUT2D eigenvalue weighted by atomic mass is 10.2.